The summed E-state index contributed by atoms with van der Waals surface area (Å²) in [6.07, 6.45) is 0. The van der Waals surface area contributed by atoms with Crippen molar-refractivity contribution in [2.45, 2.75) is 18.6 Å². The summed E-state index contributed by atoms with van der Waals surface area (Å²) in [7, 11) is 1.35. The number of hydrogen-bond acceptors (Lipinski definition) is 6. The first kappa shape index (κ1) is 16.7. The van der Waals surface area contributed by atoms with Crippen LogP contribution in [-0.4, -0.2) is 28.4 Å². The molecule has 3 aromatic rings. The average molecular weight is 360 g/mol. The second-order valence-electron chi connectivity index (χ2n) is 5.00. The lowest BCUT2D eigenvalue weighted by molar-refractivity contribution is -0.137. The molecule has 5 nitrogen and oxygen atoms in total. The Labute approximate surface area is 147 Å². The molecular formula is C17H16N2O3S2. The van der Waals surface area contributed by atoms with E-state index in [4.69, 9.17) is 0 Å². The maximum absolute atomic E-state index is 12.9. The Bertz CT molecular complexity index is 932. The van der Waals surface area contributed by atoms with Gasteiger partial charge in [-0.3, -0.25) is 14.2 Å². The van der Waals surface area contributed by atoms with E-state index in [0.717, 1.165) is 11.1 Å². The summed E-state index contributed by atoms with van der Waals surface area (Å²) >= 11 is 2.66. The van der Waals surface area contributed by atoms with Crippen molar-refractivity contribution in [3.05, 3.63) is 46.1 Å². The predicted octanol–water partition coefficient (Wildman–Crippen LogP) is 3.41. The molecule has 0 N–H and O–H groups in total. The lowest BCUT2D eigenvalue weighted by Gasteiger charge is -2.10. The van der Waals surface area contributed by atoms with E-state index in [2.05, 4.69) is 9.72 Å². The van der Waals surface area contributed by atoms with Crippen LogP contribution in [0.15, 0.2) is 45.7 Å². The van der Waals surface area contributed by atoms with Crippen LogP contribution >= 0.6 is 23.1 Å². The van der Waals surface area contributed by atoms with Gasteiger partial charge in [0.1, 0.15) is 4.83 Å². The van der Waals surface area contributed by atoms with Crippen molar-refractivity contribution >= 4 is 39.3 Å². The summed E-state index contributed by atoms with van der Waals surface area (Å²) in [5, 5.41) is 3.14. The molecule has 3 rings (SSSR count). The van der Waals surface area contributed by atoms with Crippen LogP contribution in [-0.2, 0) is 16.1 Å². The van der Waals surface area contributed by atoms with E-state index in [1.807, 2.05) is 42.6 Å². The molecule has 0 aliphatic rings. The number of esters is 1. The minimum absolute atomic E-state index is 0.0741. The third-order valence-electron chi connectivity index (χ3n) is 3.61. The number of ether oxygens (including phenoxy) is 1. The van der Waals surface area contributed by atoms with Crippen LogP contribution in [0, 0.1) is 0 Å². The molecule has 0 saturated carbocycles. The lowest BCUT2D eigenvalue weighted by Crippen LogP contribution is -2.22. The van der Waals surface area contributed by atoms with Crippen LogP contribution in [0.1, 0.15) is 6.92 Å². The second kappa shape index (κ2) is 7.19. The zero-order valence-electron chi connectivity index (χ0n) is 13.3. The maximum Gasteiger partial charge on any atom is 0.316 e. The van der Waals surface area contributed by atoms with Gasteiger partial charge >= 0.3 is 5.97 Å². The van der Waals surface area contributed by atoms with Gasteiger partial charge in [-0.25, -0.2) is 4.98 Å². The molecule has 0 fully saturated rings. The molecule has 1 aromatic carbocycles. The van der Waals surface area contributed by atoms with Crippen LogP contribution in [0.4, 0.5) is 0 Å². The molecule has 2 heterocycles. The topological polar surface area (TPSA) is 61.2 Å². The van der Waals surface area contributed by atoms with Crippen LogP contribution in [0.3, 0.4) is 0 Å². The number of carbonyl (C=O) groups is 1. The van der Waals surface area contributed by atoms with Gasteiger partial charge in [0, 0.05) is 17.5 Å². The molecular weight excluding hydrogens is 344 g/mol. The highest BCUT2D eigenvalue weighted by Gasteiger charge is 2.17. The fourth-order valence-electron chi connectivity index (χ4n) is 2.41. The molecule has 0 amide bonds. The van der Waals surface area contributed by atoms with Crippen LogP contribution in [0.2, 0.25) is 0 Å². The minimum Gasteiger partial charge on any atom is -0.468 e. The van der Waals surface area contributed by atoms with Crippen LogP contribution in [0.5, 0.6) is 0 Å². The Hall–Kier alpha value is -2.12. The molecule has 0 unspecified atom stereocenters. The van der Waals surface area contributed by atoms with Crippen LogP contribution < -0.4 is 5.56 Å². The van der Waals surface area contributed by atoms with Crippen molar-refractivity contribution < 1.29 is 9.53 Å². The standard InChI is InChI=1S/C17H16N2O3S2/c1-3-19-16(21)14-12(11-7-5-4-6-8-11)9-23-15(14)18-17(19)24-10-13(20)22-2/h4-9H,3,10H2,1-2H3. The highest BCUT2D eigenvalue weighted by atomic mass is 32.2. The first-order valence-electron chi connectivity index (χ1n) is 7.42. The second-order valence-corrected chi connectivity index (χ2v) is 6.80. The zero-order valence-corrected chi connectivity index (χ0v) is 14.9. The number of thiophene rings is 1. The Kier molecular flexibility index (Phi) is 5.01. The molecule has 0 aliphatic carbocycles. The molecule has 0 spiro atoms. The Morgan fingerprint density at radius 2 is 2.08 bits per heavy atom. The van der Waals surface area contributed by atoms with Crippen molar-refractivity contribution in [3.8, 4) is 11.1 Å². The van der Waals surface area contributed by atoms with Gasteiger partial charge in [-0.2, -0.15) is 0 Å². The van der Waals surface area contributed by atoms with Gasteiger partial charge in [-0.15, -0.1) is 11.3 Å². The molecule has 7 heteroatoms. The molecule has 0 atom stereocenters. The smallest absolute Gasteiger partial charge is 0.316 e. The quantitative estimate of drug-likeness (QED) is 0.396. The van der Waals surface area contributed by atoms with E-state index >= 15 is 0 Å². The number of hydrogen-bond donors (Lipinski definition) is 0. The van der Waals surface area contributed by atoms with Gasteiger partial charge < -0.3 is 4.74 Å². The third kappa shape index (κ3) is 3.09. The Balaban J connectivity index is 2.12. The molecule has 0 radical (unpaired) electrons. The Morgan fingerprint density at radius 1 is 1.33 bits per heavy atom. The highest BCUT2D eigenvalue weighted by Crippen LogP contribution is 2.32. The molecule has 24 heavy (non-hydrogen) atoms. The maximum atomic E-state index is 12.9. The SMILES string of the molecule is CCn1c(SCC(=O)OC)nc2scc(-c3ccccc3)c2c1=O. The number of benzene rings is 1. The molecule has 2 aromatic heterocycles. The minimum atomic E-state index is -0.340. The van der Waals surface area contributed by atoms with E-state index in [9.17, 15) is 9.59 Å². The number of nitrogens with zero attached hydrogens (tertiary/aromatic N) is 2. The number of rotatable bonds is 5. The van der Waals surface area contributed by atoms with E-state index in [-0.39, 0.29) is 17.3 Å². The van der Waals surface area contributed by atoms with Crippen molar-refractivity contribution in [2.75, 3.05) is 12.9 Å². The normalized spacial score (nSPS) is 10.9. The fourth-order valence-corrected chi connectivity index (χ4v) is 4.29. The fraction of sp³-hybridized carbons (Fsp3) is 0.235. The summed E-state index contributed by atoms with van der Waals surface area (Å²) < 4.78 is 6.26. The van der Waals surface area contributed by atoms with Gasteiger partial charge in [-0.05, 0) is 12.5 Å². The number of fused-ring (bicyclic) bond motifs is 1. The summed E-state index contributed by atoms with van der Waals surface area (Å²) in [5.41, 5.74) is 1.83. The summed E-state index contributed by atoms with van der Waals surface area (Å²) in [5.74, 6) is -0.209. The lowest BCUT2D eigenvalue weighted by atomic mass is 10.1. The Morgan fingerprint density at radius 3 is 2.75 bits per heavy atom. The first-order valence-corrected chi connectivity index (χ1v) is 9.29. The van der Waals surface area contributed by atoms with Gasteiger partial charge in [0.25, 0.3) is 5.56 Å². The van der Waals surface area contributed by atoms with Gasteiger partial charge in [0.05, 0.1) is 18.2 Å². The molecule has 0 bridgehead atoms. The summed E-state index contributed by atoms with van der Waals surface area (Å²) in [4.78, 5) is 29.6. The molecule has 0 aliphatic heterocycles. The third-order valence-corrected chi connectivity index (χ3v) is 5.43. The number of thioether (sulfide) groups is 1. The number of carbonyl (C=O) groups excluding carboxylic acids is 1. The summed E-state index contributed by atoms with van der Waals surface area (Å²) in [6, 6.07) is 9.81. The van der Waals surface area contributed by atoms with Crippen molar-refractivity contribution in [1.29, 1.82) is 0 Å². The van der Waals surface area contributed by atoms with E-state index in [1.54, 1.807) is 4.57 Å². The first-order chi connectivity index (χ1) is 11.7. The average Bonchev–Trinajstić information content (AvgIpc) is 3.04. The predicted molar refractivity (Wildman–Crippen MR) is 97.7 cm³/mol. The van der Waals surface area contributed by atoms with Crippen molar-refractivity contribution in [2.24, 2.45) is 0 Å². The van der Waals surface area contributed by atoms with Crippen LogP contribution in [0.25, 0.3) is 21.3 Å². The summed E-state index contributed by atoms with van der Waals surface area (Å²) in [6.45, 7) is 2.39. The van der Waals surface area contributed by atoms with Gasteiger partial charge in [-0.1, -0.05) is 42.1 Å². The van der Waals surface area contributed by atoms with E-state index in [0.29, 0.717) is 21.9 Å². The zero-order chi connectivity index (χ0) is 17.1. The molecule has 124 valence electrons. The number of methoxy groups -OCH3 is 1. The van der Waals surface area contributed by atoms with Crippen molar-refractivity contribution in [3.63, 3.8) is 0 Å². The van der Waals surface area contributed by atoms with Crippen molar-refractivity contribution in [1.82, 2.24) is 9.55 Å². The van der Waals surface area contributed by atoms with Gasteiger partial charge in [0.15, 0.2) is 5.16 Å². The van der Waals surface area contributed by atoms with E-state index < -0.39 is 0 Å². The van der Waals surface area contributed by atoms with Gasteiger partial charge in [0.2, 0.25) is 0 Å². The monoisotopic (exact) mass is 360 g/mol. The molecule has 0 saturated heterocycles. The largest absolute Gasteiger partial charge is 0.468 e. The number of aromatic nitrogens is 2. The van der Waals surface area contributed by atoms with E-state index in [1.165, 1.54) is 30.2 Å². The highest BCUT2D eigenvalue weighted by molar-refractivity contribution is 7.99.